The van der Waals surface area contributed by atoms with Gasteiger partial charge >= 0.3 is 6.18 Å². The van der Waals surface area contributed by atoms with Crippen LogP contribution in [0.4, 0.5) is 23.2 Å². The molecule has 0 unspecified atom stereocenters. The van der Waals surface area contributed by atoms with Crippen LogP contribution < -0.4 is 5.73 Å². The third kappa shape index (κ3) is 1.93. The first-order chi connectivity index (χ1) is 5.84. The van der Waals surface area contributed by atoms with E-state index in [1.54, 1.807) is 0 Å². The van der Waals surface area contributed by atoms with Gasteiger partial charge in [0.25, 0.3) is 0 Å². The summed E-state index contributed by atoms with van der Waals surface area (Å²) >= 11 is 2.81. The molecule has 0 aliphatic carbocycles. The molecule has 0 amide bonds. The summed E-state index contributed by atoms with van der Waals surface area (Å²) in [4.78, 5) is 0. The second-order valence-corrected chi connectivity index (χ2v) is 3.17. The molecule has 0 aromatic heterocycles. The topological polar surface area (TPSA) is 26.0 Å². The highest BCUT2D eigenvalue weighted by molar-refractivity contribution is 9.10. The van der Waals surface area contributed by atoms with E-state index in [9.17, 15) is 17.6 Å². The Morgan fingerprint density at radius 1 is 1.23 bits per heavy atom. The van der Waals surface area contributed by atoms with Gasteiger partial charge in [0.1, 0.15) is 0 Å². The van der Waals surface area contributed by atoms with Crippen molar-refractivity contribution in [2.24, 2.45) is 0 Å². The Hall–Kier alpha value is -0.780. The summed E-state index contributed by atoms with van der Waals surface area (Å²) in [6.45, 7) is 0. The lowest BCUT2D eigenvalue weighted by atomic mass is 10.2. The molecule has 0 heterocycles. The van der Waals surface area contributed by atoms with Crippen LogP contribution in [0.25, 0.3) is 0 Å². The van der Waals surface area contributed by atoms with Gasteiger partial charge in [0.2, 0.25) is 0 Å². The van der Waals surface area contributed by atoms with E-state index in [0.717, 1.165) is 6.07 Å². The first-order valence-electron chi connectivity index (χ1n) is 3.14. The molecule has 0 radical (unpaired) electrons. The van der Waals surface area contributed by atoms with Crippen molar-refractivity contribution in [1.29, 1.82) is 0 Å². The van der Waals surface area contributed by atoms with E-state index in [2.05, 4.69) is 15.9 Å². The number of halogens is 5. The number of benzene rings is 1. The van der Waals surface area contributed by atoms with E-state index < -0.39 is 23.2 Å². The molecule has 6 heteroatoms. The molecule has 0 fully saturated rings. The van der Waals surface area contributed by atoms with Crippen LogP contribution in [0.5, 0.6) is 0 Å². The van der Waals surface area contributed by atoms with Gasteiger partial charge < -0.3 is 5.73 Å². The first kappa shape index (κ1) is 10.3. The van der Waals surface area contributed by atoms with Crippen molar-refractivity contribution >= 4 is 21.6 Å². The lowest BCUT2D eigenvalue weighted by molar-refractivity contribution is -0.139. The van der Waals surface area contributed by atoms with Crippen molar-refractivity contribution in [3.63, 3.8) is 0 Å². The molecule has 0 aliphatic rings. The van der Waals surface area contributed by atoms with Gasteiger partial charge in [0, 0.05) is 4.47 Å². The van der Waals surface area contributed by atoms with E-state index >= 15 is 0 Å². The number of rotatable bonds is 0. The Balaban J connectivity index is 3.35. The average molecular weight is 258 g/mol. The summed E-state index contributed by atoms with van der Waals surface area (Å²) in [6.07, 6.45) is -4.71. The molecule has 0 bridgehead atoms. The number of anilines is 1. The van der Waals surface area contributed by atoms with Crippen molar-refractivity contribution in [3.8, 4) is 0 Å². The highest BCUT2D eigenvalue weighted by Gasteiger charge is 2.35. The molecular formula is C7H4BrF4N. The molecule has 1 rings (SSSR count). The van der Waals surface area contributed by atoms with Crippen LogP contribution >= 0.6 is 15.9 Å². The number of hydrogen-bond acceptors (Lipinski definition) is 1. The SMILES string of the molecule is Nc1c(Br)ccc(C(F)(F)F)c1F. The minimum Gasteiger partial charge on any atom is -0.395 e. The molecule has 72 valence electrons. The molecule has 2 N–H and O–H groups in total. The van der Waals surface area contributed by atoms with Gasteiger partial charge in [-0.1, -0.05) is 0 Å². The summed E-state index contributed by atoms with van der Waals surface area (Å²) in [5.41, 5.74) is 3.17. The standard InChI is InChI=1S/C7H4BrF4N/c8-4-2-1-3(7(10,11)12)5(9)6(4)13/h1-2H,13H2. The monoisotopic (exact) mass is 257 g/mol. The Bertz CT molecular complexity index is 334. The van der Waals surface area contributed by atoms with Crippen LogP contribution in [0.1, 0.15) is 5.56 Å². The zero-order valence-electron chi connectivity index (χ0n) is 6.12. The Morgan fingerprint density at radius 2 is 1.77 bits per heavy atom. The maximum atomic E-state index is 12.9. The van der Waals surface area contributed by atoms with E-state index in [4.69, 9.17) is 5.73 Å². The van der Waals surface area contributed by atoms with Crippen molar-refractivity contribution in [3.05, 3.63) is 28.0 Å². The van der Waals surface area contributed by atoms with E-state index in [-0.39, 0.29) is 4.47 Å². The van der Waals surface area contributed by atoms with Crippen molar-refractivity contribution in [2.75, 3.05) is 5.73 Å². The van der Waals surface area contributed by atoms with Crippen LogP contribution in [0.2, 0.25) is 0 Å². The molecule has 0 saturated heterocycles. The maximum absolute atomic E-state index is 12.9. The number of alkyl halides is 3. The van der Waals surface area contributed by atoms with Crippen LogP contribution in [0.3, 0.4) is 0 Å². The largest absolute Gasteiger partial charge is 0.419 e. The molecule has 1 aromatic carbocycles. The fourth-order valence-corrected chi connectivity index (χ4v) is 1.09. The van der Waals surface area contributed by atoms with Gasteiger partial charge in [0.05, 0.1) is 11.3 Å². The maximum Gasteiger partial charge on any atom is 0.419 e. The summed E-state index contributed by atoms with van der Waals surface area (Å²) < 4.78 is 49.1. The summed E-state index contributed by atoms with van der Waals surface area (Å²) in [5.74, 6) is -1.44. The second-order valence-electron chi connectivity index (χ2n) is 2.32. The van der Waals surface area contributed by atoms with Crippen LogP contribution in [-0.2, 0) is 6.18 Å². The highest BCUT2D eigenvalue weighted by Crippen LogP contribution is 2.35. The number of hydrogen-bond donors (Lipinski definition) is 1. The average Bonchev–Trinajstić information content (AvgIpc) is 1.98. The van der Waals surface area contributed by atoms with Gasteiger partial charge in [-0.3, -0.25) is 0 Å². The van der Waals surface area contributed by atoms with E-state index in [1.165, 1.54) is 0 Å². The van der Waals surface area contributed by atoms with Crippen LogP contribution in [0, 0.1) is 5.82 Å². The van der Waals surface area contributed by atoms with Crippen LogP contribution in [-0.4, -0.2) is 0 Å². The van der Waals surface area contributed by atoms with E-state index in [1.807, 2.05) is 0 Å². The predicted octanol–water partition coefficient (Wildman–Crippen LogP) is 3.19. The summed E-state index contributed by atoms with van der Waals surface area (Å²) in [5, 5.41) is 0. The molecule has 1 nitrogen and oxygen atoms in total. The van der Waals surface area contributed by atoms with Gasteiger partial charge in [-0.15, -0.1) is 0 Å². The van der Waals surface area contributed by atoms with Crippen molar-refractivity contribution in [2.45, 2.75) is 6.18 Å². The van der Waals surface area contributed by atoms with E-state index in [0.29, 0.717) is 6.07 Å². The smallest absolute Gasteiger partial charge is 0.395 e. The summed E-state index contributed by atoms with van der Waals surface area (Å²) in [6, 6.07) is 1.69. The van der Waals surface area contributed by atoms with Gasteiger partial charge in [-0.25, -0.2) is 4.39 Å². The molecule has 0 spiro atoms. The Labute approximate surface area is 79.7 Å². The Morgan fingerprint density at radius 3 is 2.23 bits per heavy atom. The predicted molar refractivity (Wildman–Crippen MR) is 43.5 cm³/mol. The molecule has 0 saturated carbocycles. The van der Waals surface area contributed by atoms with Crippen LogP contribution in [0.15, 0.2) is 16.6 Å². The fourth-order valence-electron chi connectivity index (χ4n) is 0.788. The normalized spacial score (nSPS) is 11.8. The molecule has 0 aliphatic heterocycles. The molecule has 1 aromatic rings. The second kappa shape index (κ2) is 3.17. The quantitative estimate of drug-likeness (QED) is 0.561. The van der Waals surface area contributed by atoms with Gasteiger partial charge in [0.15, 0.2) is 5.82 Å². The first-order valence-corrected chi connectivity index (χ1v) is 3.94. The summed E-state index contributed by atoms with van der Waals surface area (Å²) in [7, 11) is 0. The highest BCUT2D eigenvalue weighted by atomic mass is 79.9. The Kier molecular flexibility index (Phi) is 2.51. The minimum absolute atomic E-state index is 0.109. The lowest BCUT2D eigenvalue weighted by Crippen LogP contribution is -2.10. The third-order valence-electron chi connectivity index (χ3n) is 1.43. The fraction of sp³-hybridized carbons (Fsp3) is 0.143. The van der Waals surface area contributed by atoms with Gasteiger partial charge in [-0.05, 0) is 28.1 Å². The zero-order chi connectivity index (χ0) is 10.2. The zero-order valence-corrected chi connectivity index (χ0v) is 7.71. The number of nitrogen functional groups attached to an aromatic ring is 1. The molecule has 13 heavy (non-hydrogen) atoms. The molecular weight excluding hydrogens is 254 g/mol. The van der Waals surface area contributed by atoms with Crippen molar-refractivity contribution < 1.29 is 17.6 Å². The lowest BCUT2D eigenvalue weighted by Gasteiger charge is -2.09. The third-order valence-corrected chi connectivity index (χ3v) is 2.12. The minimum atomic E-state index is -4.71. The van der Waals surface area contributed by atoms with Crippen molar-refractivity contribution in [1.82, 2.24) is 0 Å². The molecule has 0 atom stereocenters. The number of nitrogens with two attached hydrogens (primary N) is 1. The van der Waals surface area contributed by atoms with Gasteiger partial charge in [-0.2, -0.15) is 13.2 Å².